The number of hydrogen-bond donors (Lipinski definition) is 3. The minimum Gasteiger partial charge on any atom is -0.384 e. The van der Waals surface area contributed by atoms with Gasteiger partial charge in [0.1, 0.15) is 6.33 Å². The zero-order valence-corrected chi connectivity index (χ0v) is 18.5. The van der Waals surface area contributed by atoms with Gasteiger partial charge in [-0.3, -0.25) is 5.32 Å². The Labute approximate surface area is 184 Å². The molecule has 2 aromatic rings. The summed E-state index contributed by atoms with van der Waals surface area (Å²) in [6.45, 7) is 1.82. The standard InChI is InChI=1S/C21H26N6OS2/c1-28-6-7-29-21-19-18-14(17-4-5-24-27(17)26-19)9-16(25-20(18)30-21)12-2-3-15-13(8-12)10-22-11-23-15/h2-3,8,10-11,14,16-18,20,24-26H,4-7,9H2,1H3. The van der Waals surface area contributed by atoms with Gasteiger partial charge in [-0.05, 0) is 36.5 Å². The molecule has 3 fully saturated rings. The number of nitrogens with zero attached hydrogens (tertiary/aromatic N) is 3. The van der Waals surface area contributed by atoms with Gasteiger partial charge in [0, 0.05) is 49.0 Å². The maximum absolute atomic E-state index is 5.28. The quantitative estimate of drug-likeness (QED) is 0.606. The molecule has 0 aliphatic carbocycles. The average Bonchev–Trinajstić information content (AvgIpc) is 3.39. The van der Waals surface area contributed by atoms with Gasteiger partial charge in [-0.2, -0.15) is 5.12 Å². The number of aromatic nitrogens is 2. The third-order valence-corrected chi connectivity index (χ3v) is 9.30. The Hall–Kier alpha value is -1.36. The van der Waals surface area contributed by atoms with Crippen LogP contribution in [0.4, 0.5) is 0 Å². The Morgan fingerprint density at radius 1 is 1.37 bits per heavy atom. The van der Waals surface area contributed by atoms with Crippen LogP contribution < -0.4 is 16.2 Å². The Kier molecular flexibility index (Phi) is 5.13. The monoisotopic (exact) mass is 442 g/mol. The Bertz CT molecular complexity index is 987. The molecule has 0 spiro atoms. The molecule has 4 aliphatic heterocycles. The highest BCUT2D eigenvalue weighted by atomic mass is 32.2. The number of fused-ring (bicyclic) bond motifs is 3. The molecule has 0 radical (unpaired) electrons. The summed E-state index contributed by atoms with van der Waals surface area (Å²) in [6, 6.07) is 7.52. The number of ether oxygens (including phenoxy) is 1. The van der Waals surface area contributed by atoms with E-state index in [2.05, 4.69) is 49.5 Å². The van der Waals surface area contributed by atoms with Crippen molar-refractivity contribution in [1.29, 1.82) is 0 Å². The second-order valence-corrected chi connectivity index (χ2v) is 10.8. The molecular formula is C21H26N6OS2. The van der Waals surface area contributed by atoms with Gasteiger partial charge in [0.2, 0.25) is 0 Å². The van der Waals surface area contributed by atoms with Gasteiger partial charge < -0.3 is 10.2 Å². The van der Waals surface area contributed by atoms with Crippen LogP contribution in [-0.2, 0) is 4.74 Å². The summed E-state index contributed by atoms with van der Waals surface area (Å²) in [5.41, 5.74) is 11.0. The third kappa shape index (κ3) is 3.23. The van der Waals surface area contributed by atoms with Crippen LogP contribution in [-0.4, -0.2) is 52.5 Å². The van der Waals surface area contributed by atoms with E-state index >= 15 is 0 Å². The molecule has 5 unspecified atom stereocenters. The van der Waals surface area contributed by atoms with E-state index in [4.69, 9.17) is 4.74 Å². The summed E-state index contributed by atoms with van der Waals surface area (Å²) in [4.78, 5) is 8.59. The molecule has 0 amide bonds. The van der Waals surface area contributed by atoms with E-state index in [0.717, 1.165) is 36.2 Å². The van der Waals surface area contributed by atoms with Crippen molar-refractivity contribution in [3.63, 3.8) is 0 Å². The molecule has 9 heteroatoms. The second-order valence-electron chi connectivity index (χ2n) is 8.31. The lowest BCUT2D eigenvalue weighted by atomic mass is 9.74. The summed E-state index contributed by atoms with van der Waals surface area (Å²) in [6.07, 6.45) is 5.88. The van der Waals surface area contributed by atoms with Crippen molar-refractivity contribution in [2.24, 2.45) is 11.8 Å². The van der Waals surface area contributed by atoms with Crippen LogP contribution in [0.2, 0.25) is 0 Å². The van der Waals surface area contributed by atoms with Gasteiger partial charge in [-0.25, -0.2) is 15.4 Å². The molecule has 4 aliphatic rings. The fourth-order valence-corrected chi connectivity index (χ4v) is 8.20. The lowest BCUT2D eigenvalue weighted by Gasteiger charge is -2.49. The molecule has 5 heterocycles. The molecule has 3 N–H and O–H groups in total. The minimum atomic E-state index is 0.346. The fraction of sp³-hybridized carbons (Fsp3) is 0.524. The van der Waals surface area contributed by atoms with Crippen LogP contribution in [0.3, 0.4) is 0 Å². The second kappa shape index (κ2) is 7.96. The molecule has 0 saturated carbocycles. The Balaban J connectivity index is 1.31. The van der Waals surface area contributed by atoms with Crippen molar-refractivity contribution in [3.05, 3.63) is 46.2 Å². The number of piperidine rings is 1. The first-order valence-electron chi connectivity index (χ1n) is 10.6. The number of methoxy groups -OCH3 is 1. The highest BCUT2D eigenvalue weighted by Gasteiger charge is 2.53. The number of hydrogen-bond acceptors (Lipinski definition) is 9. The van der Waals surface area contributed by atoms with Crippen molar-refractivity contribution in [2.45, 2.75) is 30.3 Å². The van der Waals surface area contributed by atoms with E-state index in [1.54, 1.807) is 13.4 Å². The van der Waals surface area contributed by atoms with Crippen LogP contribution in [0.15, 0.2) is 40.7 Å². The lowest BCUT2D eigenvalue weighted by Crippen LogP contribution is -2.61. The summed E-state index contributed by atoms with van der Waals surface area (Å²) >= 11 is 3.92. The lowest BCUT2D eigenvalue weighted by molar-refractivity contribution is 0.00565. The smallest absolute Gasteiger partial charge is 0.116 e. The minimum absolute atomic E-state index is 0.346. The first-order chi connectivity index (χ1) is 14.8. The predicted molar refractivity (Wildman–Crippen MR) is 121 cm³/mol. The first kappa shape index (κ1) is 19.3. The summed E-state index contributed by atoms with van der Waals surface area (Å²) in [5.74, 6) is 2.16. The molecular weight excluding hydrogens is 416 g/mol. The molecule has 3 saturated heterocycles. The number of thioether (sulfide) groups is 2. The van der Waals surface area contributed by atoms with Gasteiger partial charge in [0.25, 0.3) is 0 Å². The highest BCUT2D eigenvalue weighted by Crippen LogP contribution is 2.56. The van der Waals surface area contributed by atoms with Crippen molar-refractivity contribution in [2.75, 3.05) is 26.0 Å². The topological polar surface area (TPSA) is 74.3 Å². The molecule has 0 bridgehead atoms. The SMILES string of the molecule is COCCSC1=C2NN3NCCC3C3CC(c4ccc5ncncc5c4)NC(S1)C23. The number of rotatable bonds is 5. The first-order valence-corrected chi connectivity index (χ1v) is 12.5. The van der Waals surface area contributed by atoms with Gasteiger partial charge in [0.05, 0.1) is 27.4 Å². The van der Waals surface area contributed by atoms with Crippen LogP contribution in [0, 0.1) is 11.8 Å². The summed E-state index contributed by atoms with van der Waals surface area (Å²) in [7, 11) is 1.77. The van der Waals surface area contributed by atoms with Crippen molar-refractivity contribution < 1.29 is 4.74 Å². The largest absolute Gasteiger partial charge is 0.384 e. The van der Waals surface area contributed by atoms with E-state index < -0.39 is 0 Å². The van der Waals surface area contributed by atoms with Crippen LogP contribution in [0.25, 0.3) is 10.9 Å². The van der Waals surface area contributed by atoms with Gasteiger partial charge >= 0.3 is 0 Å². The molecule has 1 aromatic heterocycles. The number of hydrazine groups is 2. The van der Waals surface area contributed by atoms with Gasteiger partial charge in [-0.1, -0.05) is 17.8 Å². The third-order valence-electron chi connectivity index (χ3n) is 6.69. The van der Waals surface area contributed by atoms with Crippen LogP contribution in [0.5, 0.6) is 0 Å². The molecule has 30 heavy (non-hydrogen) atoms. The average molecular weight is 443 g/mol. The normalized spacial score (nSPS) is 32.9. The van der Waals surface area contributed by atoms with E-state index in [0.29, 0.717) is 29.3 Å². The summed E-state index contributed by atoms with van der Waals surface area (Å²) in [5, 5.41) is 7.79. The predicted octanol–water partition coefficient (Wildman–Crippen LogP) is 2.62. The maximum Gasteiger partial charge on any atom is 0.116 e. The zero-order chi connectivity index (χ0) is 20.1. The highest BCUT2D eigenvalue weighted by molar-refractivity contribution is 8.22. The van der Waals surface area contributed by atoms with Crippen LogP contribution in [0.1, 0.15) is 24.4 Å². The molecule has 6 rings (SSSR count). The summed E-state index contributed by atoms with van der Waals surface area (Å²) < 4.78 is 6.70. The zero-order valence-electron chi connectivity index (χ0n) is 16.9. The van der Waals surface area contributed by atoms with Crippen molar-refractivity contribution in [3.8, 4) is 0 Å². The van der Waals surface area contributed by atoms with E-state index in [1.807, 2.05) is 29.7 Å². The fourth-order valence-electron chi connectivity index (χ4n) is 5.34. The van der Waals surface area contributed by atoms with Crippen LogP contribution >= 0.6 is 23.5 Å². The van der Waals surface area contributed by atoms with E-state index in [-0.39, 0.29) is 0 Å². The maximum atomic E-state index is 5.28. The molecule has 7 nitrogen and oxygen atoms in total. The van der Waals surface area contributed by atoms with Crippen molar-refractivity contribution in [1.82, 2.24) is 31.3 Å². The number of nitrogens with one attached hydrogen (secondary N) is 3. The number of benzene rings is 1. The molecule has 5 atom stereocenters. The van der Waals surface area contributed by atoms with Gasteiger partial charge in [0.15, 0.2) is 0 Å². The van der Waals surface area contributed by atoms with E-state index in [9.17, 15) is 0 Å². The molecule has 1 aromatic carbocycles. The van der Waals surface area contributed by atoms with E-state index in [1.165, 1.54) is 21.9 Å². The van der Waals surface area contributed by atoms with Gasteiger partial charge in [-0.15, -0.1) is 11.8 Å². The Morgan fingerprint density at radius 3 is 3.27 bits per heavy atom. The molecule has 158 valence electrons. The van der Waals surface area contributed by atoms with Crippen molar-refractivity contribution >= 4 is 34.4 Å². The Morgan fingerprint density at radius 2 is 2.33 bits per heavy atom.